The van der Waals surface area contributed by atoms with Gasteiger partial charge in [-0.1, -0.05) is 36.4 Å². The highest BCUT2D eigenvalue weighted by molar-refractivity contribution is 5.84. The molecule has 2 rings (SSSR count). The van der Waals surface area contributed by atoms with E-state index < -0.39 is 17.7 Å². The third-order valence-corrected chi connectivity index (χ3v) is 2.97. The van der Waals surface area contributed by atoms with Gasteiger partial charge >= 0.3 is 5.97 Å². The van der Waals surface area contributed by atoms with Gasteiger partial charge in [-0.05, 0) is 25.5 Å². The van der Waals surface area contributed by atoms with Crippen LogP contribution in [0.3, 0.4) is 0 Å². The Hall–Kier alpha value is -1.65. The average Bonchev–Trinajstić information content (AvgIpc) is 2.89. The fraction of sp³-hybridized carbons (Fsp3) is 0.400. The van der Waals surface area contributed by atoms with Crippen LogP contribution in [0.4, 0.5) is 0 Å². The first-order valence-corrected chi connectivity index (χ1v) is 6.32. The second-order valence-electron chi connectivity index (χ2n) is 4.77. The van der Waals surface area contributed by atoms with Gasteiger partial charge in [0, 0.05) is 0 Å². The highest BCUT2D eigenvalue weighted by Crippen LogP contribution is 2.35. The van der Waals surface area contributed by atoms with Crippen LogP contribution in [0.2, 0.25) is 0 Å². The van der Waals surface area contributed by atoms with Crippen LogP contribution in [-0.2, 0) is 14.3 Å². The summed E-state index contributed by atoms with van der Waals surface area (Å²) in [5.74, 6) is -0.562. The molecule has 0 aliphatic carbocycles. The summed E-state index contributed by atoms with van der Waals surface area (Å²) in [4.78, 5) is 12.2. The Morgan fingerprint density at radius 2 is 2.05 bits per heavy atom. The molecule has 0 aromatic heterocycles. The lowest BCUT2D eigenvalue weighted by molar-refractivity contribution is -0.179. The number of carbonyl (C=O) groups is 1. The minimum atomic E-state index is -1.44. The number of hydrogen-bond acceptors (Lipinski definition) is 4. The molecule has 0 amide bonds. The number of benzene rings is 1. The molecule has 0 fully saturated rings. The van der Waals surface area contributed by atoms with Crippen molar-refractivity contribution in [2.24, 2.45) is 0 Å². The summed E-state index contributed by atoms with van der Waals surface area (Å²) >= 11 is 0. The van der Waals surface area contributed by atoms with Crippen molar-refractivity contribution < 1.29 is 19.4 Å². The maximum atomic E-state index is 12.2. The topological polar surface area (TPSA) is 55.8 Å². The Balaban J connectivity index is 2.30. The smallest absolute Gasteiger partial charge is 0.345 e. The number of esters is 1. The van der Waals surface area contributed by atoms with E-state index in [-0.39, 0.29) is 12.7 Å². The van der Waals surface area contributed by atoms with Crippen LogP contribution in [0.1, 0.15) is 25.5 Å². The Bertz CT molecular complexity index is 466. The zero-order valence-corrected chi connectivity index (χ0v) is 11.1. The van der Waals surface area contributed by atoms with Gasteiger partial charge in [0.15, 0.2) is 0 Å². The summed E-state index contributed by atoms with van der Waals surface area (Å²) < 4.78 is 10.7. The molecule has 19 heavy (non-hydrogen) atoms. The molecule has 0 saturated heterocycles. The second kappa shape index (κ2) is 5.55. The molecule has 1 aromatic rings. The molecule has 1 aliphatic rings. The summed E-state index contributed by atoms with van der Waals surface area (Å²) in [6, 6.07) is 8.97. The van der Waals surface area contributed by atoms with Gasteiger partial charge in [0.1, 0.15) is 6.10 Å². The van der Waals surface area contributed by atoms with Crippen molar-refractivity contribution in [1.29, 1.82) is 0 Å². The van der Waals surface area contributed by atoms with Crippen LogP contribution >= 0.6 is 0 Å². The maximum absolute atomic E-state index is 12.2. The van der Waals surface area contributed by atoms with Gasteiger partial charge in [-0.2, -0.15) is 0 Å². The van der Waals surface area contributed by atoms with Crippen LogP contribution < -0.4 is 0 Å². The average molecular weight is 262 g/mol. The summed E-state index contributed by atoms with van der Waals surface area (Å²) in [7, 11) is 0. The molecule has 1 aliphatic heterocycles. The van der Waals surface area contributed by atoms with E-state index in [0.717, 1.165) is 0 Å². The summed E-state index contributed by atoms with van der Waals surface area (Å²) in [5.41, 5.74) is -0.819. The van der Waals surface area contributed by atoms with Gasteiger partial charge in [0.05, 0.1) is 12.7 Å². The van der Waals surface area contributed by atoms with Crippen LogP contribution in [-0.4, -0.2) is 29.4 Å². The molecule has 2 atom stereocenters. The van der Waals surface area contributed by atoms with Crippen LogP contribution in [0, 0.1) is 0 Å². The highest BCUT2D eigenvalue weighted by Gasteiger charge is 2.48. The van der Waals surface area contributed by atoms with Crippen molar-refractivity contribution in [3.05, 3.63) is 48.0 Å². The fourth-order valence-corrected chi connectivity index (χ4v) is 2.06. The van der Waals surface area contributed by atoms with E-state index in [1.807, 2.05) is 6.07 Å². The van der Waals surface area contributed by atoms with Gasteiger partial charge in [-0.3, -0.25) is 0 Å². The lowest BCUT2D eigenvalue weighted by Crippen LogP contribution is -2.45. The van der Waals surface area contributed by atoms with Crippen LogP contribution in [0.25, 0.3) is 0 Å². The van der Waals surface area contributed by atoms with Crippen molar-refractivity contribution in [2.75, 3.05) is 6.61 Å². The molecule has 0 saturated carbocycles. The van der Waals surface area contributed by atoms with Gasteiger partial charge in [-0.25, -0.2) is 4.79 Å². The molecule has 0 bridgehead atoms. The van der Waals surface area contributed by atoms with Crippen molar-refractivity contribution in [1.82, 2.24) is 0 Å². The lowest BCUT2D eigenvalue weighted by atomic mass is 9.91. The molecular weight excluding hydrogens is 244 g/mol. The van der Waals surface area contributed by atoms with Crippen molar-refractivity contribution in [3.8, 4) is 0 Å². The number of aliphatic hydroxyl groups excluding tert-OH is 1. The first-order chi connectivity index (χ1) is 9.06. The van der Waals surface area contributed by atoms with E-state index in [2.05, 4.69) is 0 Å². The normalized spacial score (nSPS) is 23.6. The van der Waals surface area contributed by atoms with E-state index >= 15 is 0 Å². The summed E-state index contributed by atoms with van der Waals surface area (Å²) in [6.07, 6.45) is 1.95. The maximum Gasteiger partial charge on any atom is 0.345 e. The molecule has 1 aromatic carbocycles. The van der Waals surface area contributed by atoms with E-state index in [1.165, 1.54) is 0 Å². The molecule has 1 unspecified atom stereocenters. The number of hydrogen-bond donors (Lipinski definition) is 1. The van der Waals surface area contributed by atoms with Crippen molar-refractivity contribution in [3.63, 3.8) is 0 Å². The fourth-order valence-electron chi connectivity index (χ4n) is 2.06. The molecule has 0 spiro atoms. The molecule has 1 heterocycles. The quantitative estimate of drug-likeness (QED) is 0.666. The van der Waals surface area contributed by atoms with E-state index in [1.54, 1.807) is 50.3 Å². The second-order valence-corrected chi connectivity index (χ2v) is 4.77. The zero-order valence-electron chi connectivity index (χ0n) is 11.1. The minimum absolute atomic E-state index is 0.259. The third kappa shape index (κ3) is 2.69. The Labute approximate surface area is 112 Å². The largest absolute Gasteiger partial charge is 0.461 e. The molecule has 4 nitrogen and oxygen atoms in total. The monoisotopic (exact) mass is 262 g/mol. The standard InChI is InChI=1S/C15H18O4/c1-11(2)19-14(17)15(9-6-10-18-15)13(16)12-7-4-3-5-8-12/h3-9,11,13,16H,10H2,1-2H3/t13-,15?/m1/s1. The number of aliphatic hydroxyl groups is 1. The molecule has 102 valence electrons. The number of rotatable bonds is 4. The SMILES string of the molecule is CC(C)OC(=O)C1([C@H](O)c2ccccc2)C=CCO1. The highest BCUT2D eigenvalue weighted by atomic mass is 16.6. The van der Waals surface area contributed by atoms with Crippen molar-refractivity contribution >= 4 is 5.97 Å². The molecule has 0 radical (unpaired) electrons. The van der Waals surface area contributed by atoms with Gasteiger partial charge < -0.3 is 14.6 Å². The van der Waals surface area contributed by atoms with Crippen LogP contribution in [0.15, 0.2) is 42.5 Å². The van der Waals surface area contributed by atoms with Gasteiger partial charge in [-0.15, -0.1) is 0 Å². The number of ether oxygens (including phenoxy) is 2. The Morgan fingerprint density at radius 1 is 1.37 bits per heavy atom. The van der Waals surface area contributed by atoms with Gasteiger partial charge in [0.2, 0.25) is 5.60 Å². The van der Waals surface area contributed by atoms with Crippen LogP contribution in [0.5, 0.6) is 0 Å². The van der Waals surface area contributed by atoms with Gasteiger partial charge in [0.25, 0.3) is 0 Å². The number of carbonyl (C=O) groups excluding carboxylic acids is 1. The first kappa shape index (κ1) is 13.8. The zero-order chi connectivity index (χ0) is 13.9. The Morgan fingerprint density at radius 3 is 2.58 bits per heavy atom. The molecular formula is C15H18O4. The summed E-state index contributed by atoms with van der Waals surface area (Å²) in [6.45, 7) is 3.81. The predicted octanol–water partition coefficient (Wildman–Crippen LogP) is 2.00. The third-order valence-electron chi connectivity index (χ3n) is 2.97. The lowest BCUT2D eigenvalue weighted by Gasteiger charge is -2.30. The van der Waals surface area contributed by atoms with E-state index in [0.29, 0.717) is 5.56 Å². The minimum Gasteiger partial charge on any atom is -0.461 e. The summed E-state index contributed by atoms with van der Waals surface area (Å²) in [5, 5.41) is 10.5. The molecule has 1 N–H and O–H groups in total. The Kier molecular flexibility index (Phi) is 4.02. The first-order valence-electron chi connectivity index (χ1n) is 6.32. The van der Waals surface area contributed by atoms with E-state index in [4.69, 9.17) is 9.47 Å². The van der Waals surface area contributed by atoms with E-state index in [9.17, 15) is 9.90 Å². The molecule has 4 heteroatoms. The van der Waals surface area contributed by atoms with Crippen molar-refractivity contribution in [2.45, 2.75) is 31.7 Å². The predicted molar refractivity (Wildman–Crippen MR) is 70.5 cm³/mol.